The number of anilines is 1. The molecule has 1 saturated heterocycles. The van der Waals surface area contributed by atoms with E-state index >= 15 is 0 Å². The quantitative estimate of drug-likeness (QED) is 0.582. The van der Waals surface area contributed by atoms with Crippen LogP contribution < -0.4 is 10.0 Å². The van der Waals surface area contributed by atoms with Gasteiger partial charge in [0.1, 0.15) is 6.33 Å². The van der Waals surface area contributed by atoms with Crippen LogP contribution >= 0.6 is 0 Å². The zero-order valence-corrected chi connectivity index (χ0v) is 16.7. The fourth-order valence-corrected chi connectivity index (χ4v) is 4.19. The lowest BCUT2D eigenvalue weighted by Crippen LogP contribution is -2.32. The van der Waals surface area contributed by atoms with Gasteiger partial charge in [-0.15, -0.1) is 5.10 Å². The van der Waals surface area contributed by atoms with Gasteiger partial charge < -0.3 is 10.1 Å². The van der Waals surface area contributed by atoms with Crippen LogP contribution in [0.5, 0.6) is 0 Å². The number of tetrazole rings is 1. The summed E-state index contributed by atoms with van der Waals surface area (Å²) in [5, 5.41) is 13.7. The van der Waals surface area contributed by atoms with Crippen LogP contribution in [0.25, 0.3) is 5.69 Å². The molecule has 0 aliphatic carbocycles. The number of nitrogens with one attached hydrogen (secondary N) is 2. The van der Waals surface area contributed by atoms with Crippen molar-refractivity contribution in [1.29, 1.82) is 0 Å². The van der Waals surface area contributed by atoms with Gasteiger partial charge in [-0.3, -0.25) is 4.79 Å². The van der Waals surface area contributed by atoms with Crippen molar-refractivity contribution in [3.05, 3.63) is 60.4 Å². The fourth-order valence-electron chi connectivity index (χ4n) is 3.08. The summed E-state index contributed by atoms with van der Waals surface area (Å²) in [5.41, 5.74) is 1.53. The molecule has 156 valence electrons. The molecule has 0 spiro atoms. The predicted molar refractivity (Wildman–Crippen MR) is 108 cm³/mol. The lowest BCUT2D eigenvalue weighted by molar-refractivity contribution is 0.102. The van der Waals surface area contributed by atoms with E-state index in [0.717, 1.165) is 18.5 Å². The number of ether oxygens (including phenoxy) is 1. The highest BCUT2D eigenvalue weighted by molar-refractivity contribution is 7.89. The molecule has 1 aromatic heterocycles. The number of aromatic nitrogens is 4. The summed E-state index contributed by atoms with van der Waals surface area (Å²) >= 11 is 0. The van der Waals surface area contributed by atoms with Crippen LogP contribution in [-0.4, -0.2) is 53.8 Å². The molecule has 1 amide bonds. The number of carbonyl (C=O) groups is 1. The summed E-state index contributed by atoms with van der Waals surface area (Å²) in [6.07, 6.45) is 3.12. The monoisotopic (exact) mass is 428 g/mol. The number of benzene rings is 2. The third-order valence-corrected chi connectivity index (χ3v) is 6.09. The third kappa shape index (κ3) is 4.70. The van der Waals surface area contributed by atoms with Gasteiger partial charge in [0, 0.05) is 24.4 Å². The van der Waals surface area contributed by atoms with Crippen LogP contribution in [0.2, 0.25) is 0 Å². The molecule has 4 rings (SSSR count). The minimum atomic E-state index is -3.74. The van der Waals surface area contributed by atoms with E-state index in [0.29, 0.717) is 12.3 Å². The van der Waals surface area contributed by atoms with Crippen LogP contribution in [0.4, 0.5) is 5.69 Å². The summed E-state index contributed by atoms with van der Waals surface area (Å²) in [6.45, 7) is 0.866. The van der Waals surface area contributed by atoms with E-state index in [1.54, 1.807) is 30.3 Å². The number of nitrogens with zero attached hydrogens (tertiary/aromatic N) is 4. The molecule has 0 saturated carbocycles. The number of hydrogen-bond donors (Lipinski definition) is 2. The summed E-state index contributed by atoms with van der Waals surface area (Å²) in [5.74, 6) is -0.415. The largest absolute Gasteiger partial charge is 0.377 e. The van der Waals surface area contributed by atoms with Gasteiger partial charge >= 0.3 is 0 Å². The molecule has 11 heteroatoms. The zero-order chi connectivity index (χ0) is 21.0. The molecule has 1 aliphatic heterocycles. The number of carbonyl (C=O) groups excluding carboxylic acids is 1. The first-order chi connectivity index (χ1) is 14.5. The van der Waals surface area contributed by atoms with Crippen LogP contribution in [0.1, 0.15) is 23.2 Å². The number of hydrogen-bond acceptors (Lipinski definition) is 7. The van der Waals surface area contributed by atoms with Crippen LogP contribution in [-0.2, 0) is 14.8 Å². The number of amides is 1. The Morgan fingerprint density at radius 3 is 2.73 bits per heavy atom. The Hall–Kier alpha value is -3.15. The van der Waals surface area contributed by atoms with Gasteiger partial charge in [-0.2, -0.15) is 0 Å². The number of rotatable bonds is 7. The Bertz CT molecular complexity index is 1110. The van der Waals surface area contributed by atoms with E-state index in [-0.39, 0.29) is 23.1 Å². The van der Waals surface area contributed by atoms with Gasteiger partial charge in [0.2, 0.25) is 10.0 Å². The van der Waals surface area contributed by atoms with Crippen molar-refractivity contribution in [2.45, 2.75) is 23.8 Å². The van der Waals surface area contributed by atoms with Crippen LogP contribution in [0.15, 0.2) is 59.8 Å². The Morgan fingerprint density at radius 1 is 1.20 bits per heavy atom. The van der Waals surface area contributed by atoms with Gasteiger partial charge in [0.15, 0.2) is 0 Å². The fraction of sp³-hybridized carbons (Fsp3) is 0.263. The molecule has 30 heavy (non-hydrogen) atoms. The molecule has 1 fully saturated rings. The van der Waals surface area contributed by atoms with Gasteiger partial charge in [0.25, 0.3) is 5.91 Å². The molecule has 1 aliphatic rings. The van der Waals surface area contributed by atoms with Gasteiger partial charge in [-0.25, -0.2) is 17.8 Å². The molecule has 10 nitrogen and oxygen atoms in total. The molecule has 0 radical (unpaired) electrons. The molecule has 3 aromatic rings. The minimum absolute atomic E-state index is 0.0298. The molecule has 0 bridgehead atoms. The third-order valence-electron chi connectivity index (χ3n) is 4.67. The summed E-state index contributed by atoms with van der Waals surface area (Å²) in [4.78, 5) is 12.6. The van der Waals surface area contributed by atoms with Crippen LogP contribution in [0.3, 0.4) is 0 Å². The van der Waals surface area contributed by atoms with E-state index in [4.69, 9.17) is 4.74 Å². The van der Waals surface area contributed by atoms with Gasteiger partial charge in [-0.1, -0.05) is 6.07 Å². The van der Waals surface area contributed by atoms with Crippen molar-refractivity contribution in [1.82, 2.24) is 24.9 Å². The van der Waals surface area contributed by atoms with E-state index < -0.39 is 15.9 Å². The second-order valence-electron chi connectivity index (χ2n) is 6.77. The molecule has 0 unspecified atom stereocenters. The second-order valence-corrected chi connectivity index (χ2v) is 8.54. The van der Waals surface area contributed by atoms with Crippen molar-refractivity contribution in [2.24, 2.45) is 0 Å². The molecule has 2 N–H and O–H groups in total. The van der Waals surface area contributed by atoms with Crippen molar-refractivity contribution in [2.75, 3.05) is 18.5 Å². The highest BCUT2D eigenvalue weighted by Crippen LogP contribution is 2.17. The van der Waals surface area contributed by atoms with Gasteiger partial charge in [0.05, 0.1) is 16.7 Å². The van der Waals surface area contributed by atoms with Gasteiger partial charge in [-0.05, 0) is 65.7 Å². The maximum absolute atomic E-state index is 12.6. The first-order valence-electron chi connectivity index (χ1n) is 9.37. The second kappa shape index (κ2) is 8.69. The lowest BCUT2D eigenvalue weighted by atomic mass is 10.2. The average molecular weight is 428 g/mol. The van der Waals surface area contributed by atoms with Crippen molar-refractivity contribution in [3.63, 3.8) is 0 Å². The van der Waals surface area contributed by atoms with Crippen molar-refractivity contribution >= 4 is 21.6 Å². The SMILES string of the molecule is O=C(Nc1ccc(-n2cnnn2)cc1)c1cccc(S(=O)(=O)NC[C@H]2CCCO2)c1. The molecule has 2 heterocycles. The Labute approximate surface area is 173 Å². The Morgan fingerprint density at radius 2 is 2.03 bits per heavy atom. The van der Waals surface area contributed by atoms with Crippen LogP contribution in [0, 0.1) is 0 Å². The molecule has 1 atom stereocenters. The Kier molecular flexibility index (Phi) is 5.84. The minimum Gasteiger partial charge on any atom is -0.377 e. The standard InChI is InChI=1S/C19H20N6O4S/c26-19(22-15-6-8-16(9-7-15)25-13-20-23-24-25)14-3-1-5-18(11-14)30(27,28)21-12-17-4-2-10-29-17/h1,3,5-9,11,13,17,21H,2,4,10,12H2,(H,22,26)/t17-/m1/s1. The smallest absolute Gasteiger partial charge is 0.255 e. The first kappa shape index (κ1) is 20.1. The zero-order valence-electron chi connectivity index (χ0n) is 15.9. The van der Waals surface area contributed by atoms with Crippen molar-refractivity contribution in [3.8, 4) is 5.69 Å². The predicted octanol–water partition coefficient (Wildman–Crippen LogP) is 1.37. The molecular formula is C19H20N6O4S. The normalized spacial score (nSPS) is 16.5. The highest BCUT2D eigenvalue weighted by atomic mass is 32.2. The van der Waals surface area contributed by atoms with E-state index in [1.165, 1.54) is 29.2 Å². The Balaban J connectivity index is 1.43. The van der Waals surface area contributed by atoms with E-state index in [2.05, 4.69) is 25.6 Å². The summed E-state index contributed by atoms with van der Waals surface area (Å²) in [6, 6.07) is 12.8. The highest BCUT2D eigenvalue weighted by Gasteiger charge is 2.21. The first-order valence-corrected chi connectivity index (χ1v) is 10.9. The van der Waals surface area contributed by atoms with E-state index in [1.807, 2.05) is 0 Å². The van der Waals surface area contributed by atoms with Crippen molar-refractivity contribution < 1.29 is 17.9 Å². The summed E-state index contributed by atoms with van der Waals surface area (Å²) in [7, 11) is -3.74. The maximum Gasteiger partial charge on any atom is 0.255 e. The summed E-state index contributed by atoms with van der Waals surface area (Å²) < 4.78 is 34.6. The topological polar surface area (TPSA) is 128 Å². The number of sulfonamides is 1. The maximum atomic E-state index is 12.6. The average Bonchev–Trinajstić information content (AvgIpc) is 3.47. The molecular weight excluding hydrogens is 408 g/mol. The van der Waals surface area contributed by atoms with E-state index in [9.17, 15) is 13.2 Å². The lowest BCUT2D eigenvalue weighted by Gasteiger charge is -2.12. The molecule has 2 aromatic carbocycles.